The molecule has 6 nitrogen and oxygen atoms in total. The predicted octanol–water partition coefficient (Wildman–Crippen LogP) is 1.80. The van der Waals surface area contributed by atoms with Crippen molar-refractivity contribution in [2.75, 3.05) is 18.4 Å². The number of thiophene rings is 1. The molecule has 0 saturated heterocycles. The van der Waals surface area contributed by atoms with Gasteiger partial charge in [0.05, 0.1) is 6.42 Å². The summed E-state index contributed by atoms with van der Waals surface area (Å²) in [6.07, 6.45) is 0.357. The van der Waals surface area contributed by atoms with Crippen LogP contribution in [0.1, 0.15) is 22.2 Å². The summed E-state index contributed by atoms with van der Waals surface area (Å²) in [6.45, 7) is 2.15. The number of carbonyl (C=O) groups is 3. The summed E-state index contributed by atoms with van der Waals surface area (Å²) in [5.74, 6) is -0.450. The van der Waals surface area contributed by atoms with E-state index < -0.39 is 0 Å². The monoisotopic (exact) mass is 345 g/mol. The van der Waals surface area contributed by atoms with Crippen LogP contribution in [0, 0.1) is 0 Å². The highest BCUT2D eigenvalue weighted by Gasteiger charge is 2.06. The van der Waals surface area contributed by atoms with Crippen molar-refractivity contribution in [1.82, 2.24) is 10.6 Å². The maximum absolute atomic E-state index is 12.0. The van der Waals surface area contributed by atoms with E-state index >= 15 is 0 Å². The summed E-state index contributed by atoms with van der Waals surface area (Å²) in [6, 6.07) is 10.4. The Hall–Kier alpha value is -2.67. The fourth-order valence-electron chi connectivity index (χ4n) is 2.02. The summed E-state index contributed by atoms with van der Waals surface area (Å²) in [4.78, 5) is 35.6. The molecule has 0 spiro atoms. The lowest BCUT2D eigenvalue weighted by Gasteiger charge is -2.08. The molecule has 2 rings (SSSR count). The quantitative estimate of drug-likeness (QED) is 0.669. The summed E-state index contributed by atoms with van der Waals surface area (Å²) >= 11 is 1.54. The molecule has 1 aromatic carbocycles. The minimum Gasteiger partial charge on any atom is -0.354 e. The van der Waals surface area contributed by atoms with E-state index in [4.69, 9.17) is 0 Å². The Labute approximate surface area is 144 Å². The molecular weight excluding hydrogens is 326 g/mol. The van der Waals surface area contributed by atoms with Gasteiger partial charge in [-0.2, -0.15) is 0 Å². The second kappa shape index (κ2) is 8.83. The van der Waals surface area contributed by atoms with Crippen LogP contribution in [0.3, 0.4) is 0 Å². The Morgan fingerprint density at radius 2 is 1.71 bits per heavy atom. The van der Waals surface area contributed by atoms with E-state index in [0.29, 0.717) is 30.8 Å². The third-order valence-electron chi connectivity index (χ3n) is 3.12. The van der Waals surface area contributed by atoms with Gasteiger partial charge in [0.15, 0.2) is 0 Å². The van der Waals surface area contributed by atoms with Crippen LogP contribution < -0.4 is 16.0 Å². The lowest BCUT2D eigenvalue weighted by molar-refractivity contribution is -0.120. The summed E-state index contributed by atoms with van der Waals surface area (Å²) in [5, 5.41) is 10.1. The molecule has 0 unspecified atom stereocenters. The summed E-state index contributed by atoms with van der Waals surface area (Å²) in [5.41, 5.74) is 1.13. The van der Waals surface area contributed by atoms with Crippen molar-refractivity contribution in [3.63, 3.8) is 0 Å². The van der Waals surface area contributed by atoms with Gasteiger partial charge in [-0.1, -0.05) is 6.07 Å². The van der Waals surface area contributed by atoms with Crippen molar-refractivity contribution in [2.24, 2.45) is 0 Å². The molecule has 0 aliphatic rings. The molecule has 1 aromatic heterocycles. The van der Waals surface area contributed by atoms with Crippen molar-refractivity contribution in [1.29, 1.82) is 0 Å². The van der Waals surface area contributed by atoms with Gasteiger partial charge in [-0.05, 0) is 35.7 Å². The van der Waals surface area contributed by atoms with E-state index in [1.807, 2.05) is 17.5 Å². The first-order valence-corrected chi connectivity index (χ1v) is 8.37. The second-order valence-electron chi connectivity index (χ2n) is 5.12. The molecule has 3 N–H and O–H groups in total. The molecule has 0 aliphatic heterocycles. The molecule has 2 aromatic rings. The van der Waals surface area contributed by atoms with Crippen LogP contribution in [0.4, 0.5) is 5.69 Å². The van der Waals surface area contributed by atoms with Crippen molar-refractivity contribution >= 4 is 34.7 Å². The van der Waals surface area contributed by atoms with Crippen molar-refractivity contribution < 1.29 is 14.4 Å². The molecule has 0 radical (unpaired) electrons. The lowest BCUT2D eigenvalue weighted by atomic mass is 10.2. The molecule has 0 aliphatic carbocycles. The van der Waals surface area contributed by atoms with Gasteiger partial charge in [-0.3, -0.25) is 14.4 Å². The van der Waals surface area contributed by atoms with E-state index in [9.17, 15) is 14.4 Å². The van der Waals surface area contributed by atoms with Crippen LogP contribution in [0.25, 0.3) is 0 Å². The predicted molar refractivity (Wildman–Crippen MR) is 94.1 cm³/mol. The van der Waals surface area contributed by atoms with E-state index in [1.165, 1.54) is 6.92 Å². The normalized spacial score (nSPS) is 10.0. The SMILES string of the molecule is CC(=O)Nc1ccc(C(=O)NCCNC(=O)Cc2cccs2)cc1. The van der Waals surface area contributed by atoms with Gasteiger partial charge in [-0.25, -0.2) is 0 Å². The molecule has 0 bridgehead atoms. The molecule has 1 heterocycles. The van der Waals surface area contributed by atoms with Crippen LogP contribution in [-0.2, 0) is 16.0 Å². The molecule has 126 valence electrons. The van der Waals surface area contributed by atoms with Gasteiger partial charge in [0, 0.05) is 36.1 Å². The van der Waals surface area contributed by atoms with Gasteiger partial charge >= 0.3 is 0 Å². The standard InChI is InChI=1S/C17H19N3O3S/c1-12(21)20-14-6-4-13(5-7-14)17(23)19-9-8-18-16(22)11-15-3-2-10-24-15/h2-7,10H,8-9,11H2,1H3,(H,18,22)(H,19,23)(H,20,21). The zero-order chi connectivity index (χ0) is 17.4. The zero-order valence-electron chi connectivity index (χ0n) is 13.3. The van der Waals surface area contributed by atoms with Gasteiger partial charge in [0.2, 0.25) is 11.8 Å². The maximum Gasteiger partial charge on any atom is 0.251 e. The Bertz CT molecular complexity index is 696. The van der Waals surface area contributed by atoms with Crippen LogP contribution in [0.15, 0.2) is 41.8 Å². The van der Waals surface area contributed by atoms with Crippen LogP contribution >= 0.6 is 11.3 Å². The van der Waals surface area contributed by atoms with Crippen LogP contribution in [0.2, 0.25) is 0 Å². The average Bonchev–Trinajstić information content (AvgIpc) is 3.04. The number of hydrogen-bond acceptors (Lipinski definition) is 4. The maximum atomic E-state index is 12.0. The minimum absolute atomic E-state index is 0.0636. The Morgan fingerprint density at radius 1 is 1.00 bits per heavy atom. The van der Waals surface area contributed by atoms with E-state index in [-0.39, 0.29) is 17.7 Å². The van der Waals surface area contributed by atoms with Gasteiger partial charge in [0.1, 0.15) is 0 Å². The van der Waals surface area contributed by atoms with Crippen molar-refractivity contribution in [3.8, 4) is 0 Å². The average molecular weight is 345 g/mol. The fraction of sp³-hybridized carbons (Fsp3) is 0.235. The van der Waals surface area contributed by atoms with Crippen molar-refractivity contribution in [2.45, 2.75) is 13.3 Å². The Balaban J connectivity index is 1.69. The summed E-state index contributed by atoms with van der Waals surface area (Å²) in [7, 11) is 0. The third kappa shape index (κ3) is 5.85. The van der Waals surface area contributed by atoms with E-state index in [2.05, 4.69) is 16.0 Å². The Kier molecular flexibility index (Phi) is 6.51. The van der Waals surface area contributed by atoms with Crippen LogP contribution in [-0.4, -0.2) is 30.8 Å². The van der Waals surface area contributed by atoms with E-state index in [0.717, 1.165) is 4.88 Å². The molecule has 7 heteroatoms. The van der Waals surface area contributed by atoms with E-state index in [1.54, 1.807) is 35.6 Å². The van der Waals surface area contributed by atoms with Crippen molar-refractivity contribution in [3.05, 3.63) is 52.2 Å². The van der Waals surface area contributed by atoms with Gasteiger partial charge in [0.25, 0.3) is 5.91 Å². The highest BCUT2D eigenvalue weighted by molar-refractivity contribution is 7.10. The second-order valence-corrected chi connectivity index (χ2v) is 6.15. The summed E-state index contributed by atoms with van der Waals surface area (Å²) < 4.78 is 0. The number of amides is 3. The number of hydrogen-bond donors (Lipinski definition) is 3. The molecular formula is C17H19N3O3S. The highest BCUT2D eigenvalue weighted by Crippen LogP contribution is 2.09. The van der Waals surface area contributed by atoms with Crippen LogP contribution in [0.5, 0.6) is 0 Å². The third-order valence-corrected chi connectivity index (χ3v) is 3.99. The largest absolute Gasteiger partial charge is 0.354 e. The topological polar surface area (TPSA) is 87.3 Å². The number of carbonyl (C=O) groups excluding carboxylic acids is 3. The number of benzene rings is 1. The first-order chi connectivity index (χ1) is 11.5. The Morgan fingerprint density at radius 3 is 2.33 bits per heavy atom. The van der Waals surface area contributed by atoms with Gasteiger partial charge in [-0.15, -0.1) is 11.3 Å². The van der Waals surface area contributed by atoms with Gasteiger partial charge < -0.3 is 16.0 Å². The fourth-order valence-corrected chi connectivity index (χ4v) is 2.73. The molecule has 3 amide bonds. The lowest BCUT2D eigenvalue weighted by Crippen LogP contribution is -2.35. The number of nitrogens with one attached hydrogen (secondary N) is 3. The molecule has 24 heavy (non-hydrogen) atoms. The molecule has 0 saturated carbocycles. The smallest absolute Gasteiger partial charge is 0.251 e. The number of rotatable bonds is 7. The first kappa shape index (κ1) is 17.7. The molecule has 0 fully saturated rings. The number of anilines is 1. The first-order valence-electron chi connectivity index (χ1n) is 7.49. The highest BCUT2D eigenvalue weighted by atomic mass is 32.1. The zero-order valence-corrected chi connectivity index (χ0v) is 14.1. The minimum atomic E-state index is -0.225. The molecule has 0 atom stereocenters.